The van der Waals surface area contributed by atoms with Gasteiger partial charge in [-0.2, -0.15) is 15.0 Å². The monoisotopic (exact) mass is 285 g/mol. The van der Waals surface area contributed by atoms with Crippen molar-refractivity contribution in [1.29, 1.82) is 0 Å². The molecule has 4 heteroatoms. The maximum atomic E-state index is 4.08. The Bertz CT molecular complexity index is 409. The van der Waals surface area contributed by atoms with Crippen LogP contribution in [-0.4, -0.2) is 15.0 Å². The third-order valence-electron chi connectivity index (χ3n) is 1.79. The number of rotatable bonds is 1. The lowest BCUT2D eigenvalue weighted by Crippen LogP contribution is -2.00. The first-order chi connectivity index (χ1) is 6.27. The minimum atomic E-state index is 1.03. The van der Waals surface area contributed by atoms with Crippen LogP contribution in [0.4, 0.5) is 0 Å². The van der Waals surface area contributed by atoms with Crippen molar-refractivity contribution in [3.05, 3.63) is 39.7 Å². The van der Waals surface area contributed by atoms with Gasteiger partial charge >= 0.3 is 0 Å². The molecule has 0 bridgehead atoms. The molecule has 66 valence electrons. The van der Waals surface area contributed by atoms with Crippen LogP contribution in [0.1, 0.15) is 5.56 Å². The van der Waals surface area contributed by atoms with Crippen LogP contribution in [0, 0.1) is 10.5 Å². The molecular weight excluding hydrogens is 277 g/mol. The molecule has 13 heavy (non-hydrogen) atoms. The zero-order valence-electron chi connectivity index (χ0n) is 7.11. The summed E-state index contributed by atoms with van der Waals surface area (Å²) in [5.74, 6) is 0. The lowest BCUT2D eigenvalue weighted by atomic mass is 10.2. The van der Waals surface area contributed by atoms with E-state index in [0.717, 1.165) is 5.69 Å². The van der Waals surface area contributed by atoms with Crippen LogP contribution in [0.5, 0.6) is 0 Å². The van der Waals surface area contributed by atoms with Gasteiger partial charge in [-0.25, -0.2) is 0 Å². The second kappa shape index (κ2) is 3.45. The number of aryl methyl sites for hydroxylation is 1. The summed E-state index contributed by atoms with van der Waals surface area (Å²) in [6.45, 7) is 2.06. The fourth-order valence-corrected chi connectivity index (χ4v) is 1.83. The summed E-state index contributed by atoms with van der Waals surface area (Å²) < 4.78 is 1.23. The fraction of sp³-hybridized carbons (Fsp3) is 0.111. The maximum absolute atomic E-state index is 4.08. The Hall–Kier alpha value is -0.910. The Labute approximate surface area is 89.9 Å². The molecule has 2 aromatic rings. The average molecular weight is 285 g/mol. The third kappa shape index (κ3) is 1.72. The average Bonchev–Trinajstić information content (AvgIpc) is 2.56. The minimum absolute atomic E-state index is 1.03. The normalized spacial score (nSPS) is 10.3. The van der Waals surface area contributed by atoms with Crippen LogP contribution in [0.25, 0.3) is 5.69 Å². The van der Waals surface area contributed by atoms with E-state index in [0.29, 0.717) is 0 Å². The van der Waals surface area contributed by atoms with Crippen LogP contribution < -0.4 is 0 Å². The van der Waals surface area contributed by atoms with Crippen molar-refractivity contribution < 1.29 is 0 Å². The highest BCUT2D eigenvalue weighted by molar-refractivity contribution is 14.1. The van der Waals surface area contributed by atoms with E-state index in [9.17, 15) is 0 Å². The van der Waals surface area contributed by atoms with E-state index in [1.807, 2.05) is 12.1 Å². The van der Waals surface area contributed by atoms with Crippen LogP contribution in [-0.2, 0) is 0 Å². The predicted molar refractivity (Wildman–Crippen MR) is 58.8 cm³/mol. The van der Waals surface area contributed by atoms with Crippen LogP contribution >= 0.6 is 22.6 Å². The summed E-state index contributed by atoms with van der Waals surface area (Å²) in [5, 5.41) is 8.16. The van der Waals surface area contributed by atoms with Gasteiger partial charge in [-0.3, -0.25) is 0 Å². The Morgan fingerprint density at radius 2 is 1.92 bits per heavy atom. The minimum Gasteiger partial charge on any atom is -0.157 e. The molecular formula is C9H8IN3. The van der Waals surface area contributed by atoms with Crippen LogP contribution in [0.15, 0.2) is 30.6 Å². The predicted octanol–water partition coefficient (Wildman–Crippen LogP) is 2.18. The van der Waals surface area contributed by atoms with E-state index in [1.54, 1.807) is 17.2 Å². The highest BCUT2D eigenvalue weighted by Gasteiger charge is 2.01. The lowest BCUT2D eigenvalue weighted by molar-refractivity contribution is 0.747. The topological polar surface area (TPSA) is 30.7 Å². The molecule has 0 amide bonds. The van der Waals surface area contributed by atoms with Gasteiger partial charge in [-0.05, 0) is 53.3 Å². The number of aromatic nitrogens is 3. The number of halogens is 1. The van der Waals surface area contributed by atoms with Gasteiger partial charge in [0.15, 0.2) is 0 Å². The molecule has 0 saturated carbocycles. The molecule has 3 nitrogen and oxygen atoms in total. The first-order valence-corrected chi connectivity index (χ1v) is 4.98. The van der Waals surface area contributed by atoms with Gasteiger partial charge in [0.25, 0.3) is 0 Å². The molecule has 1 aromatic carbocycles. The molecule has 0 N–H and O–H groups in total. The smallest absolute Gasteiger partial charge is 0.0886 e. The summed E-state index contributed by atoms with van der Waals surface area (Å²) >= 11 is 2.29. The molecule has 1 heterocycles. The van der Waals surface area contributed by atoms with Gasteiger partial charge < -0.3 is 0 Å². The molecule has 0 aliphatic carbocycles. The van der Waals surface area contributed by atoms with E-state index >= 15 is 0 Å². The Morgan fingerprint density at radius 1 is 1.23 bits per heavy atom. The SMILES string of the molecule is Cc1cc(I)ccc1-n1nccn1. The first-order valence-electron chi connectivity index (χ1n) is 3.90. The van der Waals surface area contributed by atoms with Crippen molar-refractivity contribution in [2.75, 3.05) is 0 Å². The van der Waals surface area contributed by atoms with Crippen molar-refractivity contribution in [3.8, 4) is 5.69 Å². The molecule has 2 rings (SSSR count). The van der Waals surface area contributed by atoms with E-state index in [2.05, 4.69) is 45.8 Å². The molecule has 0 radical (unpaired) electrons. The Kier molecular flexibility index (Phi) is 2.30. The zero-order chi connectivity index (χ0) is 9.26. The van der Waals surface area contributed by atoms with E-state index in [4.69, 9.17) is 0 Å². The second-order valence-corrected chi connectivity index (χ2v) is 3.99. The van der Waals surface area contributed by atoms with E-state index in [-0.39, 0.29) is 0 Å². The lowest BCUT2D eigenvalue weighted by Gasteiger charge is -2.03. The molecule has 1 aromatic heterocycles. The van der Waals surface area contributed by atoms with Gasteiger partial charge in [0.1, 0.15) is 0 Å². The molecule has 0 aliphatic rings. The molecule has 0 unspecified atom stereocenters. The number of nitrogens with zero attached hydrogens (tertiary/aromatic N) is 3. The summed E-state index contributed by atoms with van der Waals surface area (Å²) in [6, 6.07) is 6.18. The van der Waals surface area contributed by atoms with Gasteiger partial charge in [-0.15, -0.1) is 0 Å². The molecule has 0 saturated heterocycles. The highest BCUT2D eigenvalue weighted by atomic mass is 127. The number of benzene rings is 1. The van der Waals surface area contributed by atoms with Crippen molar-refractivity contribution in [2.45, 2.75) is 6.92 Å². The second-order valence-electron chi connectivity index (χ2n) is 2.75. The van der Waals surface area contributed by atoms with Gasteiger partial charge in [0.05, 0.1) is 18.1 Å². The summed E-state index contributed by atoms with van der Waals surface area (Å²) in [7, 11) is 0. The summed E-state index contributed by atoms with van der Waals surface area (Å²) in [5.41, 5.74) is 2.22. The molecule has 0 aliphatic heterocycles. The van der Waals surface area contributed by atoms with Crippen molar-refractivity contribution in [1.82, 2.24) is 15.0 Å². The van der Waals surface area contributed by atoms with Gasteiger partial charge in [-0.1, -0.05) is 0 Å². The van der Waals surface area contributed by atoms with Crippen molar-refractivity contribution >= 4 is 22.6 Å². The van der Waals surface area contributed by atoms with Gasteiger partial charge in [0.2, 0.25) is 0 Å². The fourth-order valence-electron chi connectivity index (χ4n) is 1.18. The van der Waals surface area contributed by atoms with Crippen LogP contribution in [0.2, 0.25) is 0 Å². The molecule has 0 fully saturated rings. The van der Waals surface area contributed by atoms with E-state index < -0.39 is 0 Å². The quantitative estimate of drug-likeness (QED) is 0.752. The Morgan fingerprint density at radius 3 is 2.54 bits per heavy atom. The zero-order valence-corrected chi connectivity index (χ0v) is 9.26. The summed E-state index contributed by atoms with van der Waals surface area (Å²) in [6.07, 6.45) is 3.36. The number of hydrogen-bond donors (Lipinski definition) is 0. The molecule has 0 atom stereocenters. The first kappa shape index (κ1) is 8.68. The summed E-state index contributed by atoms with van der Waals surface area (Å²) in [4.78, 5) is 1.63. The Balaban J connectivity index is 2.53. The number of hydrogen-bond acceptors (Lipinski definition) is 2. The van der Waals surface area contributed by atoms with Crippen molar-refractivity contribution in [2.24, 2.45) is 0 Å². The van der Waals surface area contributed by atoms with Crippen molar-refractivity contribution in [3.63, 3.8) is 0 Å². The standard InChI is InChI=1S/C9H8IN3/c1-7-6-8(10)2-3-9(7)13-11-4-5-12-13/h2-6H,1H3. The third-order valence-corrected chi connectivity index (χ3v) is 2.46. The van der Waals surface area contributed by atoms with E-state index in [1.165, 1.54) is 9.13 Å². The van der Waals surface area contributed by atoms with Gasteiger partial charge in [0, 0.05) is 3.57 Å². The largest absolute Gasteiger partial charge is 0.157 e. The maximum Gasteiger partial charge on any atom is 0.0886 e. The van der Waals surface area contributed by atoms with Crippen LogP contribution in [0.3, 0.4) is 0 Å². The highest BCUT2D eigenvalue weighted by Crippen LogP contribution is 2.14. The molecule has 0 spiro atoms.